The third-order valence-electron chi connectivity index (χ3n) is 2.74. The lowest BCUT2D eigenvalue weighted by Crippen LogP contribution is -2.53. The van der Waals surface area contributed by atoms with Gasteiger partial charge in [-0.3, -0.25) is 4.79 Å². The average Bonchev–Trinajstić information content (AvgIpc) is 2.36. The van der Waals surface area contributed by atoms with Crippen LogP contribution in [0.25, 0.3) is 0 Å². The zero-order chi connectivity index (χ0) is 15.3. The molecule has 6 heteroatoms. The number of halogens is 1. The molecular formula is C14H18ClNO4. The van der Waals surface area contributed by atoms with Crippen LogP contribution < -0.4 is 10.1 Å². The Morgan fingerprint density at radius 2 is 2.00 bits per heavy atom. The lowest BCUT2D eigenvalue weighted by Gasteiger charge is -2.25. The Kier molecular flexibility index (Phi) is 5.39. The zero-order valence-electron chi connectivity index (χ0n) is 11.6. The number of ether oxygens (including phenoxy) is 1. The molecule has 1 amide bonds. The van der Waals surface area contributed by atoms with Gasteiger partial charge in [-0.05, 0) is 32.4 Å². The van der Waals surface area contributed by atoms with Gasteiger partial charge in [0.1, 0.15) is 11.3 Å². The van der Waals surface area contributed by atoms with E-state index in [-0.39, 0.29) is 0 Å². The molecule has 0 aliphatic carbocycles. The SMILES string of the molecule is CCC(Oc1ccccc1Cl)C(=O)NC(C)(C)C(=O)O. The fraction of sp³-hybridized carbons (Fsp3) is 0.429. The highest BCUT2D eigenvalue weighted by Gasteiger charge is 2.32. The fourth-order valence-corrected chi connectivity index (χ4v) is 1.64. The smallest absolute Gasteiger partial charge is 0.328 e. The predicted octanol–water partition coefficient (Wildman–Crippen LogP) is 2.48. The average molecular weight is 300 g/mol. The van der Waals surface area contributed by atoms with Gasteiger partial charge in [0, 0.05) is 0 Å². The van der Waals surface area contributed by atoms with Crippen molar-refractivity contribution in [3.63, 3.8) is 0 Å². The summed E-state index contributed by atoms with van der Waals surface area (Å²) in [6.07, 6.45) is -0.402. The van der Waals surface area contributed by atoms with Gasteiger partial charge in [0.15, 0.2) is 6.10 Å². The minimum atomic E-state index is -1.35. The number of amides is 1. The van der Waals surface area contributed by atoms with Crippen molar-refractivity contribution >= 4 is 23.5 Å². The maximum atomic E-state index is 12.1. The monoisotopic (exact) mass is 299 g/mol. The Balaban J connectivity index is 2.79. The van der Waals surface area contributed by atoms with E-state index in [1.165, 1.54) is 13.8 Å². The molecule has 0 radical (unpaired) electrons. The van der Waals surface area contributed by atoms with Crippen LogP contribution in [0, 0.1) is 0 Å². The van der Waals surface area contributed by atoms with Gasteiger partial charge in [-0.2, -0.15) is 0 Å². The van der Waals surface area contributed by atoms with Gasteiger partial charge in [-0.1, -0.05) is 30.7 Å². The summed E-state index contributed by atoms with van der Waals surface area (Å²) < 4.78 is 5.54. The number of carboxylic acid groups (broad SMARTS) is 1. The van der Waals surface area contributed by atoms with Crippen LogP contribution in [0.1, 0.15) is 27.2 Å². The molecular weight excluding hydrogens is 282 g/mol. The van der Waals surface area contributed by atoms with Crippen molar-refractivity contribution in [1.29, 1.82) is 0 Å². The van der Waals surface area contributed by atoms with E-state index in [4.69, 9.17) is 21.4 Å². The maximum absolute atomic E-state index is 12.1. The van der Waals surface area contributed by atoms with E-state index in [0.29, 0.717) is 17.2 Å². The molecule has 20 heavy (non-hydrogen) atoms. The Morgan fingerprint density at radius 3 is 2.50 bits per heavy atom. The third-order valence-corrected chi connectivity index (χ3v) is 3.05. The largest absolute Gasteiger partial charge is 0.480 e. The molecule has 0 spiro atoms. The van der Waals surface area contributed by atoms with Gasteiger partial charge in [-0.15, -0.1) is 0 Å². The molecule has 0 bridgehead atoms. The summed E-state index contributed by atoms with van der Waals surface area (Å²) in [5, 5.41) is 11.8. The summed E-state index contributed by atoms with van der Waals surface area (Å²) in [4.78, 5) is 23.1. The first-order valence-electron chi connectivity index (χ1n) is 6.24. The van der Waals surface area contributed by atoms with Gasteiger partial charge in [0.05, 0.1) is 5.02 Å². The van der Waals surface area contributed by atoms with Crippen molar-refractivity contribution < 1.29 is 19.4 Å². The molecule has 0 aliphatic heterocycles. The lowest BCUT2D eigenvalue weighted by molar-refractivity contribution is -0.147. The molecule has 1 aromatic rings. The van der Waals surface area contributed by atoms with Gasteiger partial charge in [-0.25, -0.2) is 4.79 Å². The fourth-order valence-electron chi connectivity index (χ4n) is 1.46. The first kappa shape index (κ1) is 16.3. The van der Waals surface area contributed by atoms with Crippen LogP contribution in [-0.2, 0) is 9.59 Å². The molecule has 1 unspecified atom stereocenters. The lowest BCUT2D eigenvalue weighted by atomic mass is 10.1. The van der Waals surface area contributed by atoms with E-state index >= 15 is 0 Å². The van der Waals surface area contributed by atoms with E-state index < -0.39 is 23.5 Å². The molecule has 0 fully saturated rings. The highest BCUT2D eigenvalue weighted by Crippen LogP contribution is 2.25. The number of hydrogen-bond acceptors (Lipinski definition) is 3. The second-order valence-electron chi connectivity index (χ2n) is 4.86. The Hall–Kier alpha value is -1.75. The van der Waals surface area contributed by atoms with Crippen LogP contribution in [0.4, 0.5) is 0 Å². The molecule has 2 N–H and O–H groups in total. The maximum Gasteiger partial charge on any atom is 0.328 e. The summed E-state index contributed by atoms with van der Waals surface area (Å²) in [5.74, 6) is -1.21. The van der Waals surface area contributed by atoms with Crippen molar-refractivity contribution in [3.05, 3.63) is 29.3 Å². The number of carboxylic acids is 1. The molecule has 0 aliphatic rings. The van der Waals surface area contributed by atoms with Gasteiger partial charge >= 0.3 is 5.97 Å². The third kappa shape index (κ3) is 4.13. The van der Waals surface area contributed by atoms with Crippen molar-refractivity contribution in [2.75, 3.05) is 0 Å². The number of aliphatic carboxylic acids is 1. The number of benzene rings is 1. The van der Waals surface area contributed by atoms with Crippen LogP contribution in [0.3, 0.4) is 0 Å². The molecule has 0 saturated heterocycles. The van der Waals surface area contributed by atoms with Crippen LogP contribution in [0.5, 0.6) is 5.75 Å². The van der Waals surface area contributed by atoms with Crippen LogP contribution in [-0.4, -0.2) is 28.6 Å². The van der Waals surface area contributed by atoms with E-state index in [2.05, 4.69) is 5.32 Å². The number of rotatable bonds is 6. The number of hydrogen-bond donors (Lipinski definition) is 2. The van der Waals surface area contributed by atoms with Gasteiger partial charge < -0.3 is 15.2 Å². The minimum absolute atomic E-state index is 0.393. The van der Waals surface area contributed by atoms with E-state index in [9.17, 15) is 9.59 Å². The Bertz CT molecular complexity index is 502. The van der Waals surface area contributed by atoms with Gasteiger partial charge in [0.25, 0.3) is 5.91 Å². The molecule has 5 nitrogen and oxygen atoms in total. The van der Waals surface area contributed by atoms with E-state index in [1.807, 2.05) is 0 Å². The number of nitrogens with one attached hydrogen (secondary N) is 1. The van der Waals surface area contributed by atoms with Crippen LogP contribution in [0.15, 0.2) is 24.3 Å². The molecule has 1 atom stereocenters. The zero-order valence-corrected chi connectivity index (χ0v) is 12.4. The highest BCUT2D eigenvalue weighted by atomic mass is 35.5. The van der Waals surface area contributed by atoms with E-state index in [0.717, 1.165) is 0 Å². The van der Waals surface area contributed by atoms with Crippen molar-refractivity contribution in [3.8, 4) is 5.75 Å². The summed E-state index contributed by atoms with van der Waals surface area (Å²) in [6, 6.07) is 6.81. The first-order valence-corrected chi connectivity index (χ1v) is 6.62. The predicted molar refractivity (Wildman–Crippen MR) is 76.0 cm³/mol. The number of para-hydroxylation sites is 1. The molecule has 0 heterocycles. The molecule has 0 saturated carbocycles. The molecule has 1 rings (SSSR count). The molecule has 0 aromatic heterocycles. The molecule has 110 valence electrons. The van der Waals surface area contributed by atoms with Crippen molar-refractivity contribution in [2.24, 2.45) is 0 Å². The van der Waals surface area contributed by atoms with E-state index in [1.54, 1.807) is 31.2 Å². The minimum Gasteiger partial charge on any atom is -0.480 e. The Morgan fingerprint density at radius 1 is 1.40 bits per heavy atom. The summed E-state index contributed by atoms with van der Waals surface area (Å²) >= 11 is 5.96. The summed E-state index contributed by atoms with van der Waals surface area (Å²) in [6.45, 7) is 4.60. The van der Waals surface area contributed by atoms with Gasteiger partial charge in [0.2, 0.25) is 0 Å². The van der Waals surface area contributed by atoms with Crippen molar-refractivity contribution in [1.82, 2.24) is 5.32 Å². The number of carbonyl (C=O) groups excluding carboxylic acids is 1. The summed E-state index contributed by atoms with van der Waals surface area (Å²) in [7, 11) is 0. The number of carbonyl (C=O) groups is 2. The second-order valence-corrected chi connectivity index (χ2v) is 5.27. The summed E-state index contributed by atoms with van der Waals surface area (Å²) in [5.41, 5.74) is -1.35. The van der Waals surface area contributed by atoms with Crippen LogP contribution >= 0.6 is 11.6 Å². The topological polar surface area (TPSA) is 75.6 Å². The second kappa shape index (κ2) is 6.61. The standard InChI is InChI=1S/C14H18ClNO4/c1-4-10(12(17)16-14(2,3)13(18)19)20-11-8-6-5-7-9(11)15/h5-8,10H,4H2,1-3H3,(H,16,17)(H,18,19). The molecule has 1 aromatic carbocycles. The van der Waals surface area contributed by atoms with Crippen LogP contribution in [0.2, 0.25) is 5.02 Å². The quantitative estimate of drug-likeness (QED) is 0.846. The first-order chi connectivity index (χ1) is 9.27. The highest BCUT2D eigenvalue weighted by molar-refractivity contribution is 6.32. The Labute approximate surface area is 122 Å². The van der Waals surface area contributed by atoms with Crippen molar-refractivity contribution in [2.45, 2.75) is 38.8 Å². The normalized spacial score (nSPS) is 12.6.